The van der Waals surface area contributed by atoms with Gasteiger partial charge in [-0.05, 0) is 52.8 Å². The van der Waals surface area contributed by atoms with Crippen LogP contribution in [0.15, 0.2) is 53.0 Å². The molecule has 3 nitrogen and oxygen atoms in total. The lowest BCUT2D eigenvalue weighted by Gasteiger charge is -2.09. The van der Waals surface area contributed by atoms with Crippen molar-refractivity contribution in [1.82, 2.24) is 14.8 Å². The van der Waals surface area contributed by atoms with Crippen LogP contribution in [0.3, 0.4) is 0 Å². The van der Waals surface area contributed by atoms with Crippen LogP contribution in [0.25, 0.3) is 17.1 Å². The van der Waals surface area contributed by atoms with E-state index in [-0.39, 0.29) is 0 Å². The lowest BCUT2D eigenvalue weighted by atomic mass is 10.1. The quantitative estimate of drug-likeness (QED) is 0.684. The number of nitrogens with one attached hydrogen (secondary N) is 1. The molecule has 3 rings (SSSR count). The van der Waals surface area contributed by atoms with E-state index in [4.69, 9.17) is 12.2 Å². The Morgan fingerprint density at radius 1 is 1.10 bits per heavy atom. The summed E-state index contributed by atoms with van der Waals surface area (Å²) in [5.41, 5.74) is 3.17. The fourth-order valence-corrected chi connectivity index (χ4v) is 2.79. The van der Waals surface area contributed by atoms with Crippen LogP contribution in [0.5, 0.6) is 0 Å². The van der Waals surface area contributed by atoms with Crippen LogP contribution >= 0.6 is 28.1 Å². The smallest absolute Gasteiger partial charge is 0.200 e. The van der Waals surface area contributed by atoms with Gasteiger partial charge in [0.2, 0.25) is 0 Å². The van der Waals surface area contributed by atoms with E-state index in [0.717, 1.165) is 27.1 Å². The highest BCUT2D eigenvalue weighted by molar-refractivity contribution is 9.10. The van der Waals surface area contributed by atoms with Crippen LogP contribution < -0.4 is 0 Å². The number of hydrogen-bond acceptors (Lipinski definition) is 2. The van der Waals surface area contributed by atoms with E-state index in [2.05, 4.69) is 39.1 Å². The number of hydrogen-bond donors (Lipinski definition) is 1. The summed E-state index contributed by atoms with van der Waals surface area (Å²) >= 11 is 8.99. The van der Waals surface area contributed by atoms with E-state index >= 15 is 0 Å². The number of aromatic amines is 1. The van der Waals surface area contributed by atoms with E-state index in [1.165, 1.54) is 0 Å². The zero-order valence-corrected chi connectivity index (χ0v) is 13.2. The molecule has 100 valence electrons. The van der Waals surface area contributed by atoms with E-state index in [9.17, 15) is 0 Å². The fraction of sp³-hybridized carbons (Fsp3) is 0.0667. The van der Waals surface area contributed by atoms with Crippen LogP contribution in [0, 0.1) is 11.7 Å². The summed E-state index contributed by atoms with van der Waals surface area (Å²) < 4.78 is 3.56. The predicted octanol–water partition coefficient (Wildman–Crippen LogP) is 4.67. The molecular weight excluding hydrogens is 334 g/mol. The van der Waals surface area contributed by atoms with Crippen LogP contribution in [0.2, 0.25) is 0 Å². The van der Waals surface area contributed by atoms with Gasteiger partial charge in [0.25, 0.3) is 0 Å². The highest BCUT2D eigenvalue weighted by Gasteiger charge is 2.14. The number of aromatic nitrogens is 3. The van der Waals surface area contributed by atoms with Gasteiger partial charge in [-0.1, -0.05) is 36.4 Å². The molecule has 0 amide bonds. The van der Waals surface area contributed by atoms with Crippen molar-refractivity contribution >= 4 is 28.1 Å². The first-order valence-corrected chi connectivity index (χ1v) is 7.37. The molecule has 20 heavy (non-hydrogen) atoms. The summed E-state index contributed by atoms with van der Waals surface area (Å²) in [6.45, 7) is 2.06. The first kappa shape index (κ1) is 13.3. The van der Waals surface area contributed by atoms with Crippen molar-refractivity contribution in [2.45, 2.75) is 6.92 Å². The summed E-state index contributed by atoms with van der Waals surface area (Å²) in [4.78, 5) is 0. The Morgan fingerprint density at radius 2 is 1.85 bits per heavy atom. The summed E-state index contributed by atoms with van der Waals surface area (Å²) in [6.07, 6.45) is 0. The maximum absolute atomic E-state index is 5.36. The zero-order valence-electron chi connectivity index (χ0n) is 10.8. The highest BCUT2D eigenvalue weighted by Crippen LogP contribution is 2.30. The lowest BCUT2D eigenvalue weighted by molar-refractivity contribution is 1.04. The number of halogens is 1. The van der Waals surface area contributed by atoms with Gasteiger partial charge in [-0.25, -0.2) is 0 Å². The zero-order chi connectivity index (χ0) is 14.1. The van der Waals surface area contributed by atoms with Crippen molar-refractivity contribution in [1.29, 1.82) is 0 Å². The number of benzene rings is 2. The SMILES string of the molecule is Cc1cccc(-c2n[nH]c(=S)n2-c2ccccc2)c1Br. The third-order valence-corrected chi connectivity index (χ3v) is 4.45. The van der Waals surface area contributed by atoms with Gasteiger partial charge in [0.15, 0.2) is 10.6 Å². The Kier molecular flexibility index (Phi) is 3.54. The molecule has 0 saturated heterocycles. The second-order valence-corrected chi connectivity index (χ2v) is 5.64. The molecule has 3 aromatic rings. The second-order valence-electron chi connectivity index (χ2n) is 4.46. The number of nitrogens with zero attached hydrogens (tertiary/aromatic N) is 2. The van der Waals surface area contributed by atoms with Gasteiger partial charge in [0.05, 0.1) is 0 Å². The van der Waals surface area contributed by atoms with Gasteiger partial charge in [0.1, 0.15) is 0 Å². The van der Waals surface area contributed by atoms with E-state index in [1.54, 1.807) is 0 Å². The highest BCUT2D eigenvalue weighted by atomic mass is 79.9. The summed E-state index contributed by atoms with van der Waals surface area (Å²) in [5.74, 6) is 0.803. The molecule has 0 unspecified atom stereocenters. The summed E-state index contributed by atoms with van der Waals surface area (Å²) in [5, 5.41) is 7.26. The molecule has 0 radical (unpaired) electrons. The number of aryl methyl sites for hydroxylation is 1. The molecule has 0 spiro atoms. The van der Waals surface area contributed by atoms with Crippen LogP contribution in [-0.4, -0.2) is 14.8 Å². The van der Waals surface area contributed by atoms with E-state index in [1.807, 2.05) is 47.0 Å². The minimum Gasteiger partial charge on any atom is -0.268 e. The Bertz CT molecular complexity index is 805. The lowest BCUT2D eigenvalue weighted by Crippen LogP contribution is -1.98. The average molecular weight is 346 g/mol. The first-order chi connectivity index (χ1) is 9.68. The molecule has 0 bridgehead atoms. The Balaban J connectivity index is 2.27. The van der Waals surface area contributed by atoms with Gasteiger partial charge in [-0.3, -0.25) is 9.67 Å². The molecule has 0 aliphatic heterocycles. The topological polar surface area (TPSA) is 33.6 Å². The third-order valence-electron chi connectivity index (χ3n) is 3.12. The number of H-pyrrole nitrogens is 1. The standard InChI is InChI=1S/C15H12BrN3S/c1-10-6-5-9-12(13(10)16)14-17-18-15(20)19(14)11-7-3-2-4-8-11/h2-9H,1H3,(H,18,20). The van der Waals surface area contributed by atoms with Gasteiger partial charge in [-0.2, -0.15) is 5.10 Å². The average Bonchev–Trinajstić information content (AvgIpc) is 2.84. The molecule has 2 aromatic carbocycles. The third kappa shape index (κ3) is 2.23. The molecule has 1 N–H and O–H groups in total. The molecule has 1 aromatic heterocycles. The number of para-hydroxylation sites is 1. The maximum Gasteiger partial charge on any atom is 0.200 e. The second kappa shape index (κ2) is 5.34. The molecule has 0 saturated carbocycles. The minimum atomic E-state index is 0.583. The fourth-order valence-electron chi connectivity index (χ4n) is 2.11. The Labute approximate surface area is 130 Å². The molecule has 0 aliphatic rings. The van der Waals surface area contributed by atoms with Crippen LogP contribution in [0.4, 0.5) is 0 Å². The molecular formula is C15H12BrN3S. The van der Waals surface area contributed by atoms with Crippen molar-refractivity contribution in [3.8, 4) is 17.1 Å². The molecule has 0 aliphatic carbocycles. The van der Waals surface area contributed by atoms with Crippen LogP contribution in [-0.2, 0) is 0 Å². The largest absolute Gasteiger partial charge is 0.268 e. The van der Waals surface area contributed by atoms with E-state index in [0.29, 0.717) is 4.77 Å². The monoisotopic (exact) mass is 345 g/mol. The van der Waals surface area contributed by atoms with Crippen molar-refractivity contribution in [3.05, 3.63) is 63.3 Å². The van der Waals surface area contributed by atoms with Gasteiger partial charge in [-0.15, -0.1) is 0 Å². The Hall–Kier alpha value is -1.72. The Morgan fingerprint density at radius 3 is 2.60 bits per heavy atom. The van der Waals surface area contributed by atoms with Crippen molar-refractivity contribution in [3.63, 3.8) is 0 Å². The minimum absolute atomic E-state index is 0.583. The number of rotatable bonds is 2. The van der Waals surface area contributed by atoms with Gasteiger partial charge >= 0.3 is 0 Å². The first-order valence-electron chi connectivity index (χ1n) is 6.17. The van der Waals surface area contributed by atoms with Crippen molar-refractivity contribution in [2.75, 3.05) is 0 Å². The van der Waals surface area contributed by atoms with Crippen LogP contribution in [0.1, 0.15) is 5.56 Å². The maximum atomic E-state index is 5.36. The van der Waals surface area contributed by atoms with Crippen molar-refractivity contribution < 1.29 is 0 Å². The molecule has 0 fully saturated rings. The summed E-state index contributed by atoms with van der Waals surface area (Å²) in [6, 6.07) is 16.1. The summed E-state index contributed by atoms with van der Waals surface area (Å²) in [7, 11) is 0. The van der Waals surface area contributed by atoms with Gasteiger partial charge in [0, 0.05) is 15.7 Å². The normalized spacial score (nSPS) is 10.7. The van der Waals surface area contributed by atoms with Gasteiger partial charge < -0.3 is 0 Å². The van der Waals surface area contributed by atoms with E-state index < -0.39 is 0 Å². The molecule has 1 heterocycles. The predicted molar refractivity (Wildman–Crippen MR) is 86.6 cm³/mol. The molecule has 0 atom stereocenters. The van der Waals surface area contributed by atoms with Crippen molar-refractivity contribution in [2.24, 2.45) is 0 Å². The molecule has 5 heteroatoms.